The summed E-state index contributed by atoms with van der Waals surface area (Å²) in [4.78, 5) is 21.5. The molecule has 2 aromatic heterocycles. The fourth-order valence-corrected chi connectivity index (χ4v) is 5.09. The topological polar surface area (TPSA) is 61.0 Å². The standard InChI is InChI=1S/C20H12ClFN4OS/c21-18-3-10(7-28-18)9-1-12-11-4-14-15(25-8-24-14)5-16(11)26-17(6-23-20(26)27)19(12)13(22)2-9/h1-5,7-8,17H,6H2,(H,23,27)(H,24,25). The number of hydrogen-bond acceptors (Lipinski definition) is 3. The molecule has 0 spiro atoms. The molecule has 2 amide bonds. The normalized spacial score (nSPS) is 17.4. The van der Waals surface area contributed by atoms with E-state index in [1.165, 1.54) is 17.4 Å². The van der Waals surface area contributed by atoms with Crippen LogP contribution in [-0.2, 0) is 0 Å². The molecule has 6 rings (SSSR count). The average molecular weight is 411 g/mol. The highest BCUT2D eigenvalue weighted by atomic mass is 35.5. The Hall–Kier alpha value is -2.90. The Kier molecular flexibility index (Phi) is 3.19. The maximum Gasteiger partial charge on any atom is 0.322 e. The molecule has 0 aliphatic carbocycles. The van der Waals surface area contributed by atoms with E-state index in [1.807, 2.05) is 29.6 Å². The zero-order valence-corrected chi connectivity index (χ0v) is 15.9. The monoisotopic (exact) mass is 410 g/mol. The lowest BCUT2D eigenvalue weighted by Gasteiger charge is -2.33. The van der Waals surface area contributed by atoms with Crippen LogP contribution < -0.4 is 10.2 Å². The number of fused-ring (bicyclic) bond motifs is 7. The number of urea groups is 1. The van der Waals surface area contributed by atoms with E-state index in [0.29, 0.717) is 16.4 Å². The van der Waals surface area contributed by atoms with Gasteiger partial charge in [-0.25, -0.2) is 14.2 Å². The quantitative estimate of drug-likeness (QED) is 0.445. The van der Waals surface area contributed by atoms with Crippen LogP contribution in [0.2, 0.25) is 4.34 Å². The molecule has 1 unspecified atom stereocenters. The Morgan fingerprint density at radius 1 is 1.18 bits per heavy atom. The molecule has 2 aliphatic rings. The van der Waals surface area contributed by atoms with Crippen molar-refractivity contribution in [3.05, 3.63) is 57.8 Å². The van der Waals surface area contributed by atoms with Gasteiger partial charge in [0.15, 0.2) is 0 Å². The molecule has 5 nitrogen and oxygen atoms in total. The lowest BCUT2D eigenvalue weighted by Crippen LogP contribution is -2.33. The molecule has 2 aliphatic heterocycles. The number of nitrogens with one attached hydrogen (secondary N) is 2. The third-order valence-corrected chi connectivity index (χ3v) is 6.52. The fraction of sp³-hybridized carbons (Fsp3) is 0.100. The third kappa shape index (κ3) is 2.11. The molecule has 2 N–H and O–H groups in total. The first kappa shape index (κ1) is 16.1. The number of rotatable bonds is 1. The largest absolute Gasteiger partial charge is 0.345 e. The van der Waals surface area contributed by atoms with E-state index in [2.05, 4.69) is 15.3 Å². The zero-order chi connectivity index (χ0) is 19.0. The van der Waals surface area contributed by atoms with Gasteiger partial charge in [-0.2, -0.15) is 0 Å². The Morgan fingerprint density at radius 3 is 2.89 bits per heavy atom. The average Bonchev–Trinajstić information content (AvgIpc) is 3.40. The summed E-state index contributed by atoms with van der Waals surface area (Å²) in [5.41, 5.74) is 6.13. The first-order valence-corrected chi connectivity index (χ1v) is 9.98. The predicted octanol–water partition coefficient (Wildman–Crippen LogP) is 5.34. The summed E-state index contributed by atoms with van der Waals surface area (Å²) >= 11 is 7.49. The number of aromatic nitrogens is 2. The number of amides is 2. The van der Waals surface area contributed by atoms with Gasteiger partial charge in [0.2, 0.25) is 0 Å². The summed E-state index contributed by atoms with van der Waals surface area (Å²) in [6.07, 6.45) is 1.61. The second-order valence-corrected chi connectivity index (χ2v) is 8.46. The highest BCUT2D eigenvalue weighted by Crippen LogP contribution is 2.49. The van der Waals surface area contributed by atoms with E-state index in [1.54, 1.807) is 11.2 Å². The van der Waals surface area contributed by atoms with Gasteiger partial charge in [-0.05, 0) is 47.0 Å². The molecule has 28 heavy (non-hydrogen) atoms. The lowest BCUT2D eigenvalue weighted by atomic mass is 9.86. The number of hydrogen-bond donors (Lipinski definition) is 2. The number of nitrogens with zero attached hydrogens (tertiary/aromatic N) is 2. The molecular weight excluding hydrogens is 399 g/mol. The highest BCUT2D eigenvalue weighted by Gasteiger charge is 2.41. The molecule has 0 radical (unpaired) electrons. The van der Waals surface area contributed by atoms with E-state index in [4.69, 9.17) is 11.6 Å². The first-order valence-electron chi connectivity index (χ1n) is 8.72. The summed E-state index contributed by atoms with van der Waals surface area (Å²) in [5.74, 6) is -0.323. The van der Waals surface area contributed by atoms with Crippen LogP contribution in [0.25, 0.3) is 33.3 Å². The van der Waals surface area contributed by atoms with Crippen molar-refractivity contribution in [1.29, 1.82) is 0 Å². The van der Waals surface area contributed by atoms with Crippen LogP contribution in [0, 0.1) is 5.82 Å². The van der Waals surface area contributed by atoms with Crippen molar-refractivity contribution in [3.63, 3.8) is 0 Å². The number of carbonyl (C=O) groups excluding carboxylic acids is 1. The molecule has 4 aromatic rings. The summed E-state index contributed by atoms with van der Waals surface area (Å²) in [6.45, 7) is 0.365. The minimum Gasteiger partial charge on any atom is -0.345 e. The van der Waals surface area contributed by atoms with Gasteiger partial charge in [-0.3, -0.25) is 4.90 Å². The Morgan fingerprint density at radius 2 is 2.07 bits per heavy atom. The van der Waals surface area contributed by atoms with Gasteiger partial charge in [-0.15, -0.1) is 11.3 Å². The summed E-state index contributed by atoms with van der Waals surface area (Å²) in [7, 11) is 0. The Labute approximate surface area is 167 Å². The van der Waals surface area contributed by atoms with E-state index < -0.39 is 0 Å². The van der Waals surface area contributed by atoms with Gasteiger partial charge in [0.25, 0.3) is 0 Å². The SMILES string of the molecule is O=C1NCC2c3c(F)cc(-c4csc(Cl)c4)cc3-c3cc4[nH]cnc4cc3N12. The molecule has 1 fully saturated rings. The van der Waals surface area contributed by atoms with Crippen molar-refractivity contribution in [2.24, 2.45) is 0 Å². The number of H-pyrrole nitrogens is 1. The van der Waals surface area contributed by atoms with Crippen molar-refractivity contribution < 1.29 is 9.18 Å². The highest BCUT2D eigenvalue weighted by molar-refractivity contribution is 7.14. The van der Waals surface area contributed by atoms with E-state index in [9.17, 15) is 4.79 Å². The molecule has 4 heterocycles. The van der Waals surface area contributed by atoms with Crippen LogP contribution in [0.5, 0.6) is 0 Å². The Balaban J connectivity index is 1.68. The third-order valence-electron chi connectivity index (χ3n) is 5.43. The van der Waals surface area contributed by atoms with Gasteiger partial charge >= 0.3 is 6.03 Å². The van der Waals surface area contributed by atoms with Crippen LogP contribution in [-0.4, -0.2) is 22.5 Å². The number of thiophene rings is 1. The van der Waals surface area contributed by atoms with Crippen LogP contribution in [0.15, 0.2) is 42.0 Å². The minimum atomic E-state index is -0.383. The summed E-state index contributed by atoms with van der Waals surface area (Å²) in [6, 6.07) is 8.56. The Bertz CT molecular complexity index is 1300. The maximum atomic E-state index is 15.3. The molecule has 2 aromatic carbocycles. The molecular formula is C20H12ClFN4OS. The van der Waals surface area contributed by atoms with Crippen molar-refractivity contribution in [2.75, 3.05) is 11.4 Å². The molecule has 1 atom stereocenters. The van der Waals surface area contributed by atoms with Crippen molar-refractivity contribution in [2.45, 2.75) is 6.04 Å². The predicted molar refractivity (Wildman–Crippen MR) is 108 cm³/mol. The van der Waals surface area contributed by atoms with Gasteiger partial charge in [-0.1, -0.05) is 11.6 Å². The molecule has 0 bridgehead atoms. The fourth-order valence-electron chi connectivity index (χ4n) is 4.20. The summed E-state index contributed by atoms with van der Waals surface area (Å²) in [5, 5.41) is 4.75. The van der Waals surface area contributed by atoms with Gasteiger partial charge < -0.3 is 10.3 Å². The lowest BCUT2D eigenvalue weighted by molar-refractivity contribution is 0.251. The van der Waals surface area contributed by atoms with Crippen LogP contribution >= 0.6 is 22.9 Å². The van der Waals surface area contributed by atoms with E-state index >= 15 is 4.39 Å². The van der Waals surface area contributed by atoms with Crippen molar-refractivity contribution >= 4 is 45.7 Å². The van der Waals surface area contributed by atoms with Crippen molar-refractivity contribution in [1.82, 2.24) is 15.3 Å². The van der Waals surface area contributed by atoms with Crippen LogP contribution in [0.4, 0.5) is 14.9 Å². The van der Waals surface area contributed by atoms with Gasteiger partial charge in [0, 0.05) is 23.1 Å². The summed E-state index contributed by atoms with van der Waals surface area (Å²) < 4.78 is 16.0. The number of carbonyl (C=O) groups is 1. The number of anilines is 1. The zero-order valence-electron chi connectivity index (χ0n) is 14.3. The second-order valence-electron chi connectivity index (χ2n) is 6.92. The minimum absolute atomic E-state index is 0.222. The smallest absolute Gasteiger partial charge is 0.322 e. The van der Waals surface area contributed by atoms with E-state index in [-0.39, 0.29) is 17.9 Å². The van der Waals surface area contributed by atoms with Crippen LogP contribution in [0.3, 0.4) is 0 Å². The molecule has 0 saturated carbocycles. The van der Waals surface area contributed by atoms with Gasteiger partial charge in [0.05, 0.1) is 33.4 Å². The number of benzene rings is 2. The molecule has 1 saturated heterocycles. The number of imidazole rings is 1. The number of aromatic amines is 1. The molecule has 8 heteroatoms. The second kappa shape index (κ2) is 5.56. The van der Waals surface area contributed by atoms with E-state index in [0.717, 1.165) is 39.0 Å². The first-order chi connectivity index (χ1) is 13.6. The van der Waals surface area contributed by atoms with Crippen molar-refractivity contribution in [3.8, 4) is 22.3 Å². The molecule has 138 valence electrons. The van der Waals surface area contributed by atoms with Crippen LogP contribution in [0.1, 0.15) is 11.6 Å². The van der Waals surface area contributed by atoms with Gasteiger partial charge in [0.1, 0.15) is 5.82 Å². The number of halogens is 2. The maximum absolute atomic E-state index is 15.3.